The molecule has 2 rings (SSSR count). The Morgan fingerprint density at radius 2 is 2.00 bits per heavy atom. The van der Waals surface area contributed by atoms with Gasteiger partial charge in [0, 0.05) is 11.6 Å². The summed E-state index contributed by atoms with van der Waals surface area (Å²) in [4.78, 5) is 0. The molecule has 2 fully saturated rings. The Morgan fingerprint density at radius 3 is 2.67 bits per heavy atom. The molecule has 1 saturated carbocycles. The summed E-state index contributed by atoms with van der Waals surface area (Å²) in [6.07, 6.45) is 8.07. The molecule has 0 bridgehead atoms. The van der Waals surface area contributed by atoms with Crippen LogP contribution in [0.2, 0.25) is 0 Å². The molecular weight excluding hydrogens is 186 g/mol. The quantitative estimate of drug-likeness (QED) is 0.758. The average molecular weight is 211 g/mol. The molecule has 15 heavy (non-hydrogen) atoms. The minimum atomic E-state index is 0.343. The van der Waals surface area contributed by atoms with Crippen molar-refractivity contribution in [1.29, 1.82) is 0 Å². The van der Waals surface area contributed by atoms with Crippen molar-refractivity contribution in [3.63, 3.8) is 0 Å². The van der Waals surface area contributed by atoms with Gasteiger partial charge in [-0.15, -0.1) is 0 Å². The van der Waals surface area contributed by atoms with E-state index < -0.39 is 0 Å². The van der Waals surface area contributed by atoms with Crippen LogP contribution in [-0.4, -0.2) is 24.8 Å². The van der Waals surface area contributed by atoms with Crippen molar-refractivity contribution in [2.75, 3.05) is 13.2 Å². The fraction of sp³-hybridized carbons (Fsp3) is 1.00. The van der Waals surface area contributed by atoms with Gasteiger partial charge in [-0.1, -0.05) is 33.1 Å². The number of nitrogens with one attached hydrogen (secondary N) is 1. The molecule has 0 aromatic rings. The molecule has 2 aliphatic rings. The van der Waals surface area contributed by atoms with E-state index in [-0.39, 0.29) is 0 Å². The number of hydrogen-bond acceptors (Lipinski definition) is 2. The lowest BCUT2D eigenvalue weighted by Crippen LogP contribution is -2.60. The van der Waals surface area contributed by atoms with Crippen molar-refractivity contribution in [3.8, 4) is 0 Å². The number of hydrogen-bond donors (Lipinski definition) is 1. The SMILES string of the molecule is CC(C)C[C@@H]1COCC2(CCCCC2)N1. The van der Waals surface area contributed by atoms with Crippen LogP contribution in [0.3, 0.4) is 0 Å². The topological polar surface area (TPSA) is 21.3 Å². The predicted molar refractivity (Wildman–Crippen MR) is 63.0 cm³/mol. The van der Waals surface area contributed by atoms with Crippen LogP contribution in [-0.2, 0) is 4.74 Å². The summed E-state index contributed by atoms with van der Waals surface area (Å²) in [7, 11) is 0. The highest BCUT2D eigenvalue weighted by Crippen LogP contribution is 2.31. The first-order valence-electron chi connectivity index (χ1n) is 6.56. The number of ether oxygens (including phenoxy) is 1. The van der Waals surface area contributed by atoms with Crippen LogP contribution in [0, 0.1) is 5.92 Å². The first-order chi connectivity index (χ1) is 7.20. The molecule has 0 amide bonds. The van der Waals surface area contributed by atoms with Gasteiger partial charge >= 0.3 is 0 Å². The summed E-state index contributed by atoms with van der Waals surface area (Å²) in [5.74, 6) is 0.768. The fourth-order valence-electron chi connectivity index (χ4n) is 3.13. The van der Waals surface area contributed by atoms with Crippen LogP contribution in [0.1, 0.15) is 52.4 Å². The number of morpholine rings is 1. The summed E-state index contributed by atoms with van der Waals surface area (Å²) in [5, 5.41) is 3.88. The zero-order valence-electron chi connectivity index (χ0n) is 10.2. The molecule has 1 atom stereocenters. The third-order valence-corrected chi connectivity index (χ3v) is 3.77. The molecule has 1 spiro atoms. The van der Waals surface area contributed by atoms with E-state index in [1.54, 1.807) is 0 Å². The highest BCUT2D eigenvalue weighted by Gasteiger charge is 2.37. The van der Waals surface area contributed by atoms with Crippen molar-refractivity contribution in [2.24, 2.45) is 5.92 Å². The van der Waals surface area contributed by atoms with Crippen LogP contribution in [0.25, 0.3) is 0 Å². The summed E-state index contributed by atoms with van der Waals surface area (Å²) in [5.41, 5.74) is 0.343. The van der Waals surface area contributed by atoms with Gasteiger partial charge in [-0.05, 0) is 25.2 Å². The maximum atomic E-state index is 5.81. The van der Waals surface area contributed by atoms with Crippen molar-refractivity contribution in [1.82, 2.24) is 5.32 Å². The summed E-state index contributed by atoms with van der Waals surface area (Å²) in [6.45, 7) is 6.45. The van der Waals surface area contributed by atoms with E-state index in [9.17, 15) is 0 Å². The van der Waals surface area contributed by atoms with E-state index >= 15 is 0 Å². The Hall–Kier alpha value is -0.0800. The van der Waals surface area contributed by atoms with Gasteiger partial charge in [0.25, 0.3) is 0 Å². The molecule has 1 saturated heterocycles. The Labute approximate surface area is 93.8 Å². The molecule has 2 nitrogen and oxygen atoms in total. The second kappa shape index (κ2) is 4.84. The van der Waals surface area contributed by atoms with E-state index in [0.29, 0.717) is 11.6 Å². The maximum absolute atomic E-state index is 5.81. The Bertz CT molecular complexity index is 191. The lowest BCUT2D eigenvalue weighted by molar-refractivity contribution is -0.0217. The van der Waals surface area contributed by atoms with E-state index in [0.717, 1.165) is 19.1 Å². The third kappa shape index (κ3) is 2.94. The highest BCUT2D eigenvalue weighted by atomic mass is 16.5. The van der Waals surface area contributed by atoms with Gasteiger partial charge in [0.1, 0.15) is 0 Å². The summed E-state index contributed by atoms with van der Waals surface area (Å²) in [6, 6.07) is 0.594. The molecule has 0 unspecified atom stereocenters. The third-order valence-electron chi connectivity index (χ3n) is 3.77. The number of rotatable bonds is 2. The molecule has 1 N–H and O–H groups in total. The van der Waals surface area contributed by atoms with Crippen LogP contribution in [0.15, 0.2) is 0 Å². The van der Waals surface area contributed by atoms with Gasteiger partial charge < -0.3 is 10.1 Å². The van der Waals surface area contributed by atoms with Gasteiger partial charge in [0.05, 0.1) is 13.2 Å². The van der Waals surface area contributed by atoms with E-state index in [1.807, 2.05) is 0 Å². The second-order valence-corrected chi connectivity index (χ2v) is 5.83. The largest absolute Gasteiger partial charge is 0.378 e. The highest BCUT2D eigenvalue weighted by molar-refractivity contribution is 4.95. The normalized spacial score (nSPS) is 31.0. The lowest BCUT2D eigenvalue weighted by atomic mass is 9.80. The Kier molecular flexibility index (Phi) is 3.68. The Balaban J connectivity index is 1.90. The van der Waals surface area contributed by atoms with Gasteiger partial charge in [-0.2, -0.15) is 0 Å². The molecule has 1 aliphatic carbocycles. The first-order valence-corrected chi connectivity index (χ1v) is 6.56. The average Bonchev–Trinajstić information content (AvgIpc) is 2.17. The molecular formula is C13H25NO. The van der Waals surface area contributed by atoms with Crippen LogP contribution < -0.4 is 5.32 Å². The van der Waals surface area contributed by atoms with Crippen molar-refractivity contribution < 1.29 is 4.74 Å². The molecule has 1 aliphatic heterocycles. The van der Waals surface area contributed by atoms with Crippen molar-refractivity contribution >= 4 is 0 Å². The Morgan fingerprint density at radius 1 is 1.27 bits per heavy atom. The molecule has 0 aromatic heterocycles. The molecule has 1 heterocycles. The monoisotopic (exact) mass is 211 g/mol. The van der Waals surface area contributed by atoms with Crippen molar-refractivity contribution in [2.45, 2.75) is 64.0 Å². The zero-order chi connectivity index (χ0) is 10.7. The molecule has 88 valence electrons. The summed E-state index contributed by atoms with van der Waals surface area (Å²) >= 11 is 0. The zero-order valence-corrected chi connectivity index (χ0v) is 10.2. The molecule has 0 radical (unpaired) electrons. The van der Waals surface area contributed by atoms with Crippen LogP contribution in [0.4, 0.5) is 0 Å². The van der Waals surface area contributed by atoms with Crippen LogP contribution in [0.5, 0.6) is 0 Å². The first kappa shape index (κ1) is 11.4. The standard InChI is InChI=1S/C13H25NO/c1-11(2)8-12-9-15-10-13(14-12)6-4-3-5-7-13/h11-12,14H,3-10H2,1-2H3/t12-/m1/s1. The van der Waals surface area contributed by atoms with E-state index in [4.69, 9.17) is 4.74 Å². The predicted octanol–water partition coefficient (Wildman–Crippen LogP) is 2.72. The van der Waals surface area contributed by atoms with Gasteiger partial charge in [0.15, 0.2) is 0 Å². The van der Waals surface area contributed by atoms with E-state index in [1.165, 1.54) is 38.5 Å². The molecule has 2 heteroatoms. The second-order valence-electron chi connectivity index (χ2n) is 5.83. The maximum Gasteiger partial charge on any atom is 0.0649 e. The lowest BCUT2D eigenvalue weighted by Gasteiger charge is -2.45. The van der Waals surface area contributed by atoms with Gasteiger partial charge in [-0.3, -0.25) is 0 Å². The molecule has 0 aromatic carbocycles. The van der Waals surface area contributed by atoms with Gasteiger partial charge in [-0.25, -0.2) is 0 Å². The van der Waals surface area contributed by atoms with E-state index in [2.05, 4.69) is 19.2 Å². The van der Waals surface area contributed by atoms with Crippen molar-refractivity contribution in [3.05, 3.63) is 0 Å². The van der Waals surface area contributed by atoms with Gasteiger partial charge in [0.2, 0.25) is 0 Å². The fourth-order valence-corrected chi connectivity index (χ4v) is 3.13. The minimum absolute atomic E-state index is 0.343. The minimum Gasteiger partial charge on any atom is -0.378 e. The summed E-state index contributed by atoms with van der Waals surface area (Å²) < 4.78 is 5.81. The smallest absolute Gasteiger partial charge is 0.0649 e. The van der Waals surface area contributed by atoms with Crippen LogP contribution >= 0.6 is 0 Å².